The lowest BCUT2D eigenvalue weighted by Crippen LogP contribution is -2.55. The number of thioether (sulfide) groups is 1. The average molecular weight is 496 g/mol. The smallest absolute Gasteiger partial charge is 0.321 e. The first-order valence-corrected chi connectivity index (χ1v) is 11.8. The Balaban J connectivity index is 1.71. The Morgan fingerprint density at radius 1 is 1.19 bits per heavy atom. The molecule has 1 atom stereocenters. The average Bonchev–Trinajstić information content (AvgIpc) is 3.27. The van der Waals surface area contributed by atoms with Gasteiger partial charge in [0, 0.05) is 20.9 Å². The summed E-state index contributed by atoms with van der Waals surface area (Å²) in [6, 6.07) is 15.9. The molecule has 0 fully saturated rings. The first kappa shape index (κ1) is 20.0. The molecule has 3 N–H and O–H groups in total. The van der Waals surface area contributed by atoms with Gasteiger partial charge in [-0.05, 0) is 29.3 Å². The quantitative estimate of drug-likeness (QED) is 0.282. The summed E-state index contributed by atoms with van der Waals surface area (Å²) in [5.74, 6) is 0.878. The molecule has 2 aromatic carbocycles. The fourth-order valence-corrected chi connectivity index (χ4v) is 4.79. The van der Waals surface area contributed by atoms with Crippen LogP contribution < -0.4 is 15.6 Å². The minimum Gasteiger partial charge on any atom is -0.321 e. The van der Waals surface area contributed by atoms with E-state index in [1.54, 1.807) is 22.6 Å². The Bertz CT molecular complexity index is 1300. The zero-order chi connectivity index (χ0) is 21.4. The van der Waals surface area contributed by atoms with Crippen LogP contribution in [0.25, 0.3) is 22.5 Å². The molecule has 156 valence electrons. The number of benzene rings is 2. The van der Waals surface area contributed by atoms with Crippen LogP contribution >= 0.6 is 27.7 Å². The van der Waals surface area contributed by atoms with Crippen LogP contribution in [0, 0.1) is 0 Å². The molecule has 7 nitrogen and oxygen atoms in total. The van der Waals surface area contributed by atoms with Crippen LogP contribution in [0.3, 0.4) is 0 Å². The molecule has 1 aliphatic heterocycles. The van der Waals surface area contributed by atoms with Crippen molar-refractivity contribution in [1.82, 2.24) is 20.3 Å². The van der Waals surface area contributed by atoms with Crippen molar-refractivity contribution in [2.24, 2.45) is 0 Å². The van der Waals surface area contributed by atoms with Gasteiger partial charge >= 0.3 is 11.3 Å². The zero-order valence-corrected chi connectivity index (χ0v) is 19.1. The number of H-pyrrole nitrogens is 2. The Morgan fingerprint density at radius 2 is 2.03 bits per heavy atom. The fraction of sp³-hybridized carbons (Fsp3) is 0.182. The van der Waals surface area contributed by atoms with Crippen LogP contribution in [0.4, 0.5) is 5.69 Å². The first-order chi connectivity index (χ1) is 15.2. The molecule has 0 unspecified atom stereocenters. The largest absolute Gasteiger partial charge is 0.325 e. The van der Waals surface area contributed by atoms with Gasteiger partial charge in [0.15, 0.2) is 0 Å². The summed E-state index contributed by atoms with van der Waals surface area (Å²) in [5, 5.41) is 16.4. The van der Waals surface area contributed by atoms with Gasteiger partial charge in [0.25, 0.3) is 6.17 Å². The number of nitrogens with zero attached hydrogens (tertiary/aromatic N) is 3. The molecular weight excluding hydrogens is 476 g/mol. The number of nitrogens with one attached hydrogen (secondary N) is 3. The Labute approximate surface area is 191 Å². The van der Waals surface area contributed by atoms with Crippen LogP contribution in [0.2, 0.25) is 0 Å². The van der Waals surface area contributed by atoms with E-state index >= 15 is 0 Å². The van der Waals surface area contributed by atoms with Gasteiger partial charge in [-0.15, -0.1) is 0 Å². The van der Waals surface area contributed by atoms with Crippen LogP contribution in [-0.2, 0) is 0 Å². The number of aromatic amines is 2. The Morgan fingerprint density at radius 3 is 2.84 bits per heavy atom. The van der Waals surface area contributed by atoms with E-state index in [-0.39, 0.29) is 11.7 Å². The number of fused-ring (bicyclic) bond motifs is 3. The lowest BCUT2D eigenvalue weighted by atomic mass is 10.0. The highest BCUT2D eigenvalue weighted by Crippen LogP contribution is 2.36. The molecule has 2 aromatic heterocycles. The molecule has 4 aromatic rings. The van der Waals surface area contributed by atoms with Crippen LogP contribution in [0.1, 0.15) is 25.1 Å². The molecule has 0 bridgehead atoms. The molecule has 0 radical (unpaired) electrons. The summed E-state index contributed by atoms with van der Waals surface area (Å²) in [7, 11) is 0. The van der Waals surface area contributed by atoms with Gasteiger partial charge in [-0.2, -0.15) is 5.10 Å². The van der Waals surface area contributed by atoms with Crippen molar-refractivity contribution in [3.05, 3.63) is 75.1 Å². The molecule has 0 aliphatic carbocycles. The van der Waals surface area contributed by atoms with Crippen LogP contribution in [0.15, 0.2) is 69.2 Å². The van der Waals surface area contributed by atoms with E-state index in [4.69, 9.17) is 5.10 Å². The topological polar surface area (TPSA) is 90.3 Å². The van der Waals surface area contributed by atoms with Crippen LogP contribution in [0.5, 0.6) is 0 Å². The van der Waals surface area contributed by atoms with Gasteiger partial charge in [0.1, 0.15) is 0 Å². The van der Waals surface area contributed by atoms with E-state index in [0.717, 1.165) is 44.7 Å². The lowest BCUT2D eigenvalue weighted by molar-refractivity contribution is -0.759. The number of aromatic nitrogens is 5. The highest BCUT2D eigenvalue weighted by Gasteiger charge is 2.39. The van der Waals surface area contributed by atoms with E-state index < -0.39 is 0 Å². The van der Waals surface area contributed by atoms with Gasteiger partial charge in [-0.25, -0.2) is 0 Å². The Kier molecular flexibility index (Phi) is 5.37. The minimum atomic E-state index is -0.388. The van der Waals surface area contributed by atoms with Crippen LogP contribution in [-0.4, -0.2) is 26.0 Å². The first-order valence-electron chi connectivity index (χ1n) is 9.99. The molecule has 0 saturated heterocycles. The third-order valence-corrected chi connectivity index (χ3v) is 6.67. The van der Waals surface area contributed by atoms with E-state index in [1.165, 1.54) is 0 Å². The summed E-state index contributed by atoms with van der Waals surface area (Å²) in [6.07, 6.45) is 2.40. The van der Waals surface area contributed by atoms with E-state index in [0.29, 0.717) is 10.9 Å². The molecule has 0 amide bonds. The molecule has 3 heterocycles. The number of anilines is 1. The standard InChI is InChI=1S/C22H19BrN6OS/c1-2-10-31-22-26-21(30)19-15-11-14(23)8-9-17(15)25-20(29(19)28-22)16-12-24-27-18(16)13-6-4-3-5-7-13/h3-9,11-12,20H,2,10H2,1H3,(H2,24,26,27,28,30)/p+1/t20-/m0/s1. The monoisotopic (exact) mass is 495 g/mol. The second-order valence-electron chi connectivity index (χ2n) is 7.20. The molecule has 0 spiro atoms. The van der Waals surface area contributed by atoms with Crippen molar-refractivity contribution >= 4 is 33.4 Å². The molecule has 5 rings (SSSR count). The van der Waals surface area contributed by atoms with Gasteiger partial charge in [0.05, 0.1) is 28.7 Å². The molecule has 0 saturated carbocycles. The lowest BCUT2D eigenvalue weighted by Gasteiger charge is -2.22. The van der Waals surface area contributed by atoms with Crippen molar-refractivity contribution in [2.75, 3.05) is 11.1 Å². The predicted molar refractivity (Wildman–Crippen MR) is 125 cm³/mol. The van der Waals surface area contributed by atoms with Gasteiger partial charge in [-0.3, -0.25) is 14.9 Å². The fourth-order valence-electron chi connectivity index (χ4n) is 3.72. The zero-order valence-electron chi connectivity index (χ0n) is 16.7. The maximum Gasteiger partial charge on any atom is 0.325 e. The van der Waals surface area contributed by atoms with Gasteiger partial charge in [-0.1, -0.05) is 64.9 Å². The third-order valence-electron chi connectivity index (χ3n) is 5.11. The van der Waals surface area contributed by atoms with Crippen molar-refractivity contribution in [3.8, 4) is 22.5 Å². The van der Waals surface area contributed by atoms with E-state index in [2.05, 4.69) is 43.4 Å². The number of halogens is 1. The number of hydrogen-bond acceptors (Lipinski definition) is 5. The second kappa shape index (κ2) is 8.32. The summed E-state index contributed by atoms with van der Waals surface area (Å²) in [6.45, 7) is 2.10. The highest BCUT2D eigenvalue weighted by molar-refractivity contribution is 9.10. The van der Waals surface area contributed by atoms with Crippen molar-refractivity contribution < 1.29 is 4.68 Å². The normalized spacial score (nSPS) is 14.6. The third kappa shape index (κ3) is 3.68. The summed E-state index contributed by atoms with van der Waals surface area (Å²) in [4.78, 5) is 16.1. The van der Waals surface area contributed by atoms with Crippen molar-refractivity contribution in [3.63, 3.8) is 0 Å². The molecule has 1 aliphatic rings. The molecular formula is C22H20BrN6OS+. The SMILES string of the molecule is CCCSc1n[n+]2c(c(=O)[nH]1)-c1cc(Br)ccc1N[C@@H]2c1cn[nH]c1-c1ccccc1. The minimum absolute atomic E-state index is 0.163. The molecule has 31 heavy (non-hydrogen) atoms. The van der Waals surface area contributed by atoms with E-state index in [9.17, 15) is 4.79 Å². The maximum atomic E-state index is 13.2. The number of hydrogen-bond donors (Lipinski definition) is 3. The highest BCUT2D eigenvalue weighted by atomic mass is 79.9. The maximum absolute atomic E-state index is 13.2. The Hall–Kier alpha value is -2.91. The van der Waals surface area contributed by atoms with Gasteiger partial charge in [0.2, 0.25) is 5.16 Å². The summed E-state index contributed by atoms with van der Waals surface area (Å²) >= 11 is 5.07. The second-order valence-corrected chi connectivity index (χ2v) is 9.20. The van der Waals surface area contributed by atoms with Crippen molar-refractivity contribution in [1.29, 1.82) is 0 Å². The summed E-state index contributed by atoms with van der Waals surface area (Å²) < 4.78 is 2.68. The van der Waals surface area contributed by atoms with Gasteiger partial charge < -0.3 is 5.32 Å². The number of rotatable bonds is 5. The van der Waals surface area contributed by atoms with E-state index in [1.807, 2.05) is 48.5 Å². The molecule has 9 heteroatoms. The predicted octanol–water partition coefficient (Wildman–Crippen LogP) is 4.35. The van der Waals surface area contributed by atoms with Crippen molar-refractivity contribution in [2.45, 2.75) is 24.7 Å². The summed E-state index contributed by atoms with van der Waals surface area (Å²) in [5.41, 5.74) is 4.85.